The van der Waals surface area contributed by atoms with E-state index in [0.717, 1.165) is 5.69 Å². The highest BCUT2D eigenvalue weighted by Crippen LogP contribution is 2.24. The second-order valence-electron chi connectivity index (χ2n) is 5.84. The van der Waals surface area contributed by atoms with Crippen LogP contribution in [0.2, 0.25) is 5.02 Å². The Labute approximate surface area is 167 Å². The number of carbonyl (C=O) groups is 1. The minimum atomic E-state index is -3.91. The topological polar surface area (TPSA) is 103 Å². The summed E-state index contributed by atoms with van der Waals surface area (Å²) in [5.41, 5.74) is 4.18. The normalized spacial score (nSPS) is 11.9. The maximum absolute atomic E-state index is 12.6. The van der Waals surface area contributed by atoms with Crippen LogP contribution in [0.15, 0.2) is 76.9 Å². The van der Waals surface area contributed by atoms with Crippen LogP contribution in [-0.4, -0.2) is 25.0 Å². The van der Waals surface area contributed by atoms with Crippen LogP contribution in [0.4, 0.5) is 5.69 Å². The first kappa shape index (κ1) is 19.7. The molecular weight excluding hydrogens is 400 g/mol. The summed E-state index contributed by atoms with van der Waals surface area (Å²) in [6.07, 6.45) is 1.75. The van der Waals surface area contributed by atoms with Crippen molar-refractivity contribution in [1.82, 2.24) is 10.4 Å². The van der Waals surface area contributed by atoms with Gasteiger partial charge in [0, 0.05) is 11.8 Å². The third-order valence-electron chi connectivity index (χ3n) is 3.84. The number of para-hydroxylation sites is 1. The number of amides is 1. The van der Waals surface area contributed by atoms with E-state index in [-0.39, 0.29) is 21.2 Å². The summed E-state index contributed by atoms with van der Waals surface area (Å²) in [6.45, 7) is 1.74. The molecule has 1 aromatic heterocycles. The zero-order chi connectivity index (χ0) is 20.1. The summed E-state index contributed by atoms with van der Waals surface area (Å²) < 4.78 is 27.6. The first-order valence-electron chi connectivity index (χ1n) is 8.22. The Kier molecular flexibility index (Phi) is 5.81. The molecule has 0 aliphatic heterocycles. The van der Waals surface area contributed by atoms with Crippen molar-refractivity contribution in [3.8, 4) is 0 Å². The van der Waals surface area contributed by atoms with Gasteiger partial charge in [-0.1, -0.05) is 29.8 Å². The van der Waals surface area contributed by atoms with Gasteiger partial charge in [-0.3, -0.25) is 9.52 Å². The van der Waals surface area contributed by atoms with Gasteiger partial charge in [-0.15, -0.1) is 0 Å². The minimum Gasteiger partial charge on any atom is -0.360 e. The lowest BCUT2D eigenvalue weighted by molar-refractivity contribution is 0.0954. The van der Waals surface area contributed by atoms with Gasteiger partial charge >= 0.3 is 0 Å². The fraction of sp³-hybridized carbons (Fsp3) is 0.0526. The van der Waals surface area contributed by atoms with Crippen LogP contribution < -0.4 is 10.1 Å². The third kappa shape index (κ3) is 4.59. The van der Waals surface area contributed by atoms with E-state index >= 15 is 0 Å². The van der Waals surface area contributed by atoms with Crippen molar-refractivity contribution in [3.05, 3.63) is 83.1 Å². The van der Waals surface area contributed by atoms with Crippen molar-refractivity contribution in [2.24, 2.45) is 5.10 Å². The van der Waals surface area contributed by atoms with E-state index in [2.05, 4.69) is 20.2 Å². The van der Waals surface area contributed by atoms with E-state index in [4.69, 9.17) is 11.6 Å². The molecule has 0 saturated heterocycles. The Morgan fingerprint density at radius 2 is 1.86 bits per heavy atom. The molecule has 0 bridgehead atoms. The lowest BCUT2D eigenvalue weighted by atomic mass is 10.2. The Bertz CT molecular complexity index is 1130. The van der Waals surface area contributed by atoms with Gasteiger partial charge in [0.25, 0.3) is 15.9 Å². The summed E-state index contributed by atoms with van der Waals surface area (Å²) >= 11 is 6.00. The molecule has 1 amide bonds. The fourth-order valence-electron chi connectivity index (χ4n) is 2.37. The SMILES string of the molecule is C/C(=N\NC(=O)c1cccc(S(=O)(=O)Nc2ccccc2Cl)c1)c1ccc[nH]1. The van der Waals surface area contributed by atoms with E-state index in [0.29, 0.717) is 5.71 Å². The molecule has 0 saturated carbocycles. The highest BCUT2D eigenvalue weighted by Gasteiger charge is 2.17. The van der Waals surface area contributed by atoms with Crippen LogP contribution in [0.1, 0.15) is 23.0 Å². The van der Waals surface area contributed by atoms with Gasteiger partial charge in [-0.2, -0.15) is 5.10 Å². The summed E-state index contributed by atoms with van der Waals surface area (Å²) in [5, 5.41) is 4.29. The zero-order valence-electron chi connectivity index (χ0n) is 14.8. The second-order valence-corrected chi connectivity index (χ2v) is 7.92. The van der Waals surface area contributed by atoms with E-state index in [1.807, 2.05) is 12.1 Å². The van der Waals surface area contributed by atoms with E-state index < -0.39 is 15.9 Å². The number of H-pyrrole nitrogens is 1. The van der Waals surface area contributed by atoms with Crippen LogP contribution in [0.25, 0.3) is 0 Å². The molecule has 9 heteroatoms. The fourth-order valence-corrected chi connectivity index (χ4v) is 3.73. The lowest BCUT2D eigenvalue weighted by Gasteiger charge is -2.10. The van der Waals surface area contributed by atoms with Gasteiger partial charge in [-0.05, 0) is 49.4 Å². The predicted molar refractivity (Wildman–Crippen MR) is 109 cm³/mol. The number of halogens is 1. The first-order valence-corrected chi connectivity index (χ1v) is 10.1. The number of hydrazone groups is 1. The summed E-state index contributed by atoms with van der Waals surface area (Å²) in [6, 6.07) is 15.8. The number of nitrogens with zero attached hydrogens (tertiary/aromatic N) is 1. The van der Waals surface area contributed by atoms with Gasteiger partial charge in [0.2, 0.25) is 0 Å². The molecule has 0 unspecified atom stereocenters. The number of benzene rings is 2. The number of nitrogens with one attached hydrogen (secondary N) is 3. The number of hydrogen-bond acceptors (Lipinski definition) is 4. The molecule has 0 aliphatic carbocycles. The van der Waals surface area contributed by atoms with Gasteiger partial charge in [0.05, 0.1) is 27.0 Å². The van der Waals surface area contributed by atoms with Gasteiger partial charge in [-0.25, -0.2) is 13.8 Å². The molecule has 0 spiro atoms. The van der Waals surface area contributed by atoms with Gasteiger partial charge in [0.1, 0.15) is 0 Å². The average Bonchev–Trinajstić information content (AvgIpc) is 3.22. The molecule has 3 aromatic rings. The molecule has 3 N–H and O–H groups in total. The standard InChI is InChI=1S/C19H17ClN4O3S/c1-13(17-10-5-11-21-17)22-23-19(25)14-6-4-7-15(12-14)28(26,27)24-18-9-3-2-8-16(18)20/h2-12,21,24H,1H3,(H,23,25)/b22-13+. The Hall–Kier alpha value is -3.10. The second kappa shape index (κ2) is 8.28. The molecular formula is C19H17ClN4O3S. The zero-order valence-corrected chi connectivity index (χ0v) is 16.4. The number of aromatic nitrogens is 1. The summed E-state index contributed by atoms with van der Waals surface area (Å²) in [5.74, 6) is -0.527. The monoisotopic (exact) mass is 416 g/mol. The van der Waals surface area contributed by atoms with E-state index in [9.17, 15) is 13.2 Å². The first-order chi connectivity index (χ1) is 13.4. The molecule has 144 valence electrons. The number of rotatable bonds is 6. The minimum absolute atomic E-state index is 0.0647. The van der Waals surface area contributed by atoms with Crippen molar-refractivity contribution in [2.75, 3.05) is 4.72 Å². The molecule has 0 radical (unpaired) electrons. The maximum Gasteiger partial charge on any atom is 0.271 e. The largest absolute Gasteiger partial charge is 0.360 e. The van der Waals surface area contributed by atoms with Gasteiger partial charge in [0.15, 0.2) is 0 Å². The summed E-state index contributed by atoms with van der Waals surface area (Å²) in [7, 11) is -3.91. The maximum atomic E-state index is 12.6. The van der Waals surface area contributed by atoms with Crippen LogP contribution in [-0.2, 0) is 10.0 Å². The molecule has 0 aliphatic rings. The Morgan fingerprint density at radius 3 is 2.57 bits per heavy atom. The van der Waals surface area contributed by atoms with Crippen LogP contribution in [0.5, 0.6) is 0 Å². The van der Waals surface area contributed by atoms with E-state index in [1.165, 1.54) is 24.3 Å². The molecule has 0 fully saturated rings. The number of sulfonamides is 1. The van der Waals surface area contributed by atoms with Crippen LogP contribution in [0.3, 0.4) is 0 Å². The smallest absolute Gasteiger partial charge is 0.271 e. The molecule has 7 nitrogen and oxygen atoms in total. The molecule has 2 aromatic carbocycles. The number of aromatic amines is 1. The number of hydrogen-bond donors (Lipinski definition) is 3. The number of anilines is 1. The average molecular weight is 417 g/mol. The van der Waals surface area contributed by atoms with Crippen LogP contribution in [0, 0.1) is 0 Å². The lowest BCUT2D eigenvalue weighted by Crippen LogP contribution is -2.20. The van der Waals surface area contributed by atoms with E-state index in [1.54, 1.807) is 37.4 Å². The predicted octanol–water partition coefficient (Wildman–Crippen LogP) is 3.62. The number of carbonyl (C=O) groups excluding carboxylic acids is 1. The molecule has 3 rings (SSSR count). The van der Waals surface area contributed by atoms with Crippen molar-refractivity contribution >= 4 is 38.9 Å². The molecule has 28 heavy (non-hydrogen) atoms. The third-order valence-corrected chi connectivity index (χ3v) is 5.53. The quantitative estimate of drug-likeness (QED) is 0.422. The highest BCUT2D eigenvalue weighted by atomic mass is 35.5. The van der Waals surface area contributed by atoms with Crippen molar-refractivity contribution in [2.45, 2.75) is 11.8 Å². The van der Waals surface area contributed by atoms with Crippen molar-refractivity contribution < 1.29 is 13.2 Å². The highest BCUT2D eigenvalue weighted by molar-refractivity contribution is 7.92. The Balaban J connectivity index is 1.78. The Morgan fingerprint density at radius 1 is 1.07 bits per heavy atom. The van der Waals surface area contributed by atoms with Crippen molar-refractivity contribution in [3.63, 3.8) is 0 Å². The van der Waals surface area contributed by atoms with Gasteiger partial charge < -0.3 is 4.98 Å². The summed E-state index contributed by atoms with van der Waals surface area (Å²) in [4.78, 5) is 15.3. The molecule has 0 atom stereocenters. The van der Waals surface area contributed by atoms with Crippen molar-refractivity contribution in [1.29, 1.82) is 0 Å². The molecule has 1 heterocycles. The van der Waals surface area contributed by atoms with Crippen LogP contribution >= 0.6 is 11.6 Å².